The molecule has 0 aromatic heterocycles. The van der Waals surface area contributed by atoms with Gasteiger partial charge in [-0.2, -0.15) is 13.2 Å². The van der Waals surface area contributed by atoms with E-state index < -0.39 is 36.5 Å². The molecule has 0 radical (unpaired) electrons. The highest BCUT2D eigenvalue weighted by Crippen LogP contribution is 2.15. The first-order valence-electron chi connectivity index (χ1n) is 4.55. The lowest BCUT2D eigenvalue weighted by Crippen LogP contribution is -2.48. The highest BCUT2D eigenvalue weighted by molar-refractivity contribution is 5.89. The van der Waals surface area contributed by atoms with Gasteiger partial charge in [0, 0.05) is 0 Å². The largest absolute Gasteiger partial charge is 0.481 e. The third-order valence-electron chi connectivity index (χ3n) is 1.57. The summed E-state index contributed by atoms with van der Waals surface area (Å²) in [6.45, 7) is 2.88. The Labute approximate surface area is 99.4 Å². The molecule has 0 bridgehead atoms. The minimum absolute atomic E-state index is 0.309. The summed E-state index contributed by atoms with van der Waals surface area (Å²) in [6, 6.07) is -1.91. The number of carbonyl (C=O) groups is 3. The summed E-state index contributed by atoms with van der Waals surface area (Å²) in [5, 5.41) is 9.66. The highest BCUT2D eigenvalue weighted by Gasteiger charge is 2.41. The van der Waals surface area contributed by atoms with Crippen LogP contribution in [0.5, 0.6) is 0 Å². The fourth-order valence-electron chi connectivity index (χ4n) is 0.850. The number of amides is 1. The first-order chi connectivity index (χ1) is 8.18. The number of ether oxygens (including phenoxy) is 1. The van der Waals surface area contributed by atoms with Crippen LogP contribution in [-0.4, -0.2) is 41.8 Å². The zero-order chi connectivity index (χ0) is 14.3. The summed E-state index contributed by atoms with van der Waals surface area (Å²) in [6.07, 6.45) is -5.09. The molecule has 1 amide bonds. The molecule has 102 valence electrons. The van der Waals surface area contributed by atoms with Crippen LogP contribution in [-0.2, 0) is 19.1 Å². The fraction of sp³-hybridized carbons (Fsp3) is 0.444. The molecule has 0 unspecified atom stereocenters. The van der Waals surface area contributed by atoms with Crippen molar-refractivity contribution in [3.8, 4) is 0 Å². The predicted octanol–water partition coefficient (Wildman–Crippen LogP) is 0.237. The number of esters is 1. The van der Waals surface area contributed by atoms with E-state index in [1.807, 2.05) is 0 Å². The van der Waals surface area contributed by atoms with E-state index in [0.717, 1.165) is 6.08 Å². The van der Waals surface area contributed by atoms with Gasteiger partial charge in [-0.25, -0.2) is 4.79 Å². The summed E-state index contributed by atoms with van der Waals surface area (Å²) < 4.78 is 40.2. The van der Waals surface area contributed by atoms with Crippen LogP contribution in [0.15, 0.2) is 12.7 Å². The Bertz CT molecular complexity index is 353. The molecule has 0 heterocycles. The van der Waals surface area contributed by atoms with Crippen molar-refractivity contribution >= 4 is 17.8 Å². The molecule has 2 N–H and O–H groups in total. The Kier molecular flexibility index (Phi) is 5.86. The number of alkyl halides is 3. The van der Waals surface area contributed by atoms with Crippen molar-refractivity contribution in [1.82, 2.24) is 5.32 Å². The number of carboxylic acids is 1. The van der Waals surface area contributed by atoms with Crippen molar-refractivity contribution in [3.63, 3.8) is 0 Å². The molecule has 0 saturated carbocycles. The van der Waals surface area contributed by atoms with E-state index in [0.29, 0.717) is 0 Å². The highest BCUT2D eigenvalue weighted by atomic mass is 19.4. The number of aliphatic carboxylic acids is 1. The Morgan fingerprint density at radius 2 is 1.94 bits per heavy atom. The van der Waals surface area contributed by atoms with Crippen LogP contribution in [0.3, 0.4) is 0 Å². The van der Waals surface area contributed by atoms with Gasteiger partial charge < -0.3 is 15.2 Å². The summed E-state index contributed by atoms with van der Waals surface area (Å²) in [4.78, 5) is 32.1. The van der Waals surface area contributed by atoms with Crippen molar-refractivity contribution in [2.45, 2.75) is 18.6 Å². The number of carbonyl (C=O) groups excluding carboxylic acids is 2. The summed E-state index contributed by atoms with van der Waals surface area (Å²) in [5.74, 6) is -5.25. The van der Waals surface area contributed by atoms with E-state index in [4.69, 9.17) is 5.11 Å². The first-order valence-corrected chi connectivity index (χ1v) is 4.55. The smallest absolute Gasteiger partial charge is 0.471 e. The molecule has 0 rings (SSSR count). The Morgan fingerprint density at radius 3 is 2.33 bits per heavy atom. The van der Waals surface area contributed by atoms with Gasteiger partial charge in [-0.1, -0.05) is 12.7 Å². The van der Waals surface area contributed by atoms with Gasteiger partial charge in [0.05, 0.1) is 6.42 Å². The Morgan fingerprint density at radius 1 is 1.39 bits per heavy atom. The molecule has 0 aromatic carbocycles. The van der Waals surface area contributed by atoms with Crippen LogP contribution in [0.25, 0.3) is 0 Å². The normalized spacial score (nSPS) is 12.4. The maximum Gasteiger partial charge on any atom is 0.471 e. The Balaban J connectivity index is 4.68. The molecular formula is C9H10F3NO5. The van der Waals surface area contributed by atoms with Crippen LogP contribution in [0.1, 0.15) is 6.42 Å². The van der Waals surface area contributed by atoms with E-state index in [9.17, 15) is 27.6 Å². The van der Waals surface area contributed by atoms with Gasteiger partial charge in [0.1, 0.15) is 12.6 Å². The molecule has 9 heteroatoms. The quantitative estimate of drug-likeness (QED) is 0.532. The molecule has 0 aliphatic heterocycles. The molecule has 0 saturated heterocycles. The van der Waals surface area contributed by atoms with Gasteiger partial charge in [0.2, 0.25) is 0 Å². The van der Waals surface area contributed by atoms with Crippen LogP contribution in [0, 0.1) is 0 Å². The second-order valence-corrected chi connectivity index (χ2v) is 3.04. The number of carboxylic acid groups (broad SMARTS) is 1. The lowest BCUT2D eigenvalue weighted by atomic mass is 10.2. The molecule has 0 fully saturated rings. The number of rotatable bonds is 6. The van der Waals surface area contributed by atoms with E-state index in [-0.39, 0.29) is 6.61 Å². The molecule has 0 aliphatic carbocycles. The molecule has 0 aromatic rings. The molecule has 0 spiro atoms. The average molecular weight is 269 g/mol. The van der Waals surface area contributed by atoms with Crippen LogP contribution in [0.4, 0.5) is 13.2 Å². The minimum atomic E-state index is -5.21. The van der Waals surface area contributed by atoms with Gasteiger partial charge in [-0.05, 0) is 0 Å². The predicted molar refractivity (Wildman–Crippen MR) is 51.4 cm³/mol. The zero-order valence-electron chi connectivity index (χ0n) is 8.99. The second-order valence-electron chi connectivity index (χ2n) is 3.04. The van der Waals surface area contributed by atoms with Crippen LogP contribution in [0.2, 0.25) is 0 Å². The lowest BCUT2D eigenvalue weighted by Gasteiger charge is -2.16. The molecule has 6 nitrogen and oxygen atoms in total. The molecule has 18 heavy (non-hydrogen) atoms. The number of hydrogen-bond acceptors (Lipinski definition) is 4. The first kappa shape index (κ1) is 15.9. The van der Waals surface area contributed by atoms with Crippen molar-refractivity contribution < 1.29 is 37.4 Å². The van der Waals surface area contributed by atoms with E-state index in [2.05, 4.69) is 11.3 Å². The zero-order valence-corrected chi connectivity index (χ0v) is 8.99. The summed E-state index contributed by atoms with van der Waals surface area (Å²) in [5.41, 5.74) is 0. The fourth-order valence-corrected chi connectivity index (χ4v) is 0.850. The van der Waals surface area contributed by atoms with Gasteiger partial charge in [0.15, 0.2) is 0 Å². The molecule has 0 aliphatic rings. The molecular weight excluding hydrogens is 259 g/mol. The maximum atomic E-state index is 11.9. The van der Waals surface area contributed by atoms with E-state index >= 15 is 0 Å². The molecule has 1 atom stereocenters. The second kappa shape index (κ2) is 6.62. The third kappa shape index (κ3) is 5.87. The lowest BCUT2D eigenvalue weighted by molar-refractivity contribution is -0.176. The number of halogens is 3. The average Bonchev–Trinajstić information content (AvgIpc) is 2.22. The van der Waals surface area contributed by atoms with Crippen molar-refractivity contribution in [2.75, 3.05) is 6.61 Å². The topological polar surface area (TPSA) is 92.7 Å². The van der Waals surface area contributed by atoms with Crippen molar-refractivity contribution in [1.29, 1.82) is 0 Å². The van der Waals surface area contributed by atoms with Crippen molar-refractivity contribution in [3.05, 3.63) is 12.7 Å². The standard InChI is InChI=1S/C9H10F3NO5/c1-2-3-18-7(16)5(4-6(14)15)13-8(17)9(10,11)12/h2,5H,1,3-4H2,(H,13,17)(H,14,15)/t5-/m0/s1. The van der Waals surface area contributed by atoms with E-state index in [1.165, 1.54) is 5.32 Å². The summed E-state index contributed by atoms with van der Waals surface area (Å²) in [7, 11) is 0. The minimum Gasteiger partial charge on any atom is -0.481 e. The number of nitrogens with one attached hydrogen (secondary N) is 1. The maximum absolute atomic E-state index is 11.9. The van der Waals surface area contributed by atoms with Gasteiger partial charge in [-0.3, -0.25) is 9.59 Å². The van der Waals surface area contributed by atoms with E-state index in [1.54, 1.807) is 0 Å². The van der Waals surface area contributed by atoms with Crippen LogP contribution >= 0.6 is 0 Å². The SMILES string of the molecule is C=CCOC(=O)[C@H](CC(=O)O)NC(=O)C(F)(F)F. The van der Waals surface area contributed by atoms with Crippen molar-refractivity contribution in [2.24, 2.45) is 0 Å². The van der Waals surface area contributed by atoms with Gasteiger partial charge >= 0.3 is 24.0 Å². The Hall–Kier alpha value is -2.06. The summed E-state index contributed by atoms with van der Waals surface area (Å²) >= 11 is 0. The van der Waals surface area contributed by atoms with Gasteiger partial charge in [0.25, 0.3) is 0 Å². The monoisotopic (exact) mass is 269 g/mol. The number of hydrogen-bond donors (Lipinski definition) is 2. The van der Waals surface area contributed by atoms with Crippen LogP contribution < -0.4 is 5.32 Å². The third-order valence-corrected chi connectivity index (χ3v) is 1.57. The van der Waals surface area contributed by atoms with Gasteiger partial charge in [-0.15, -0.1) is 0 Å².